The van der Waals surface area contributed by atoms with Crippen LogP contribution >= 0.6 is 11.3 Å². The van der Waals surface area contributed by atoms with E-state index in [0.717, 1.165) is 29.5 Å². The minimum Gasteiger partial charge on any atom is -0.477 e. The zero-order valence-electron chi connectivity index (χ0n) is 13.8. The van der Waals surface area contributed by atoms with Crippen LogP contribution in [0.3, 0.4) is 0 Å². The molecule has 0 radical (unpaired) electrons. The van der Waals surface area contributed by atoms with Crippen molar-refractivity contribution in [2.45, 2.75) is 72.1 Å². The summed E-state index contributed by atoms with van der Waals surface area (Å²) in [5.74, 6) is 0.578. The minimum atomic E-state index is -0.828. The molecule has 0 unspecified atom stereocenters. The Morgan fingerprint density at radius 3 is 2.19 bits per heavy atom. The van der Waals surface area contributed by atoms with Crippen LogP contribution in [0, 0.1) is 11.3 Å². The highest BCUT2D eigenvalue weighted by atomic mass is 32.1. The average Bonchev–Trinajstić information content (AvgIpc) is 2.83. The van der Waals surface area contributed by atoms with Gasteiger partial charge in [0.05, 0.1) is 10.7 Å². The van der Waals surface area contributed by atoms with Gasteiger partial charge in [0.2, 0.25) is 0 Å². The van der Waals surface area contributed by atoms with E-state index >= 15 is 0 Å². The first-order valence-corrected chi connectivity index (χ1v) is 8.75. The van der Waals surface area contributed by atoms with Crippen LogP contribution in [0.4, 0.5) is 0 Å². The van der Waals surface area contributed by atoms with Gasteiger partial charge in [0.1, 0.15) is 4.88 Å². The van der Waals surface area contributed by atoms with E-state index in [4.69, 9.17) is 0 Å². The molecular weight excluding hydrogens is 282 g/mol. The van der Waals surface area contributed by atoms with Crippen molar-refractivity contribution in [2.24, 2.45) is 11.3 Å². The Kier molecular flexibility index (Phi) is 4.76. The van der Waals surface area contributed by atoms with Gasteiger partial charge in [0.25, 0.3) is 0 Å². The highest BCUT2D eigenvalue weighted by Gasteiger charge is 2.32. The van der Waals surface area contributed by atoms with E-state index in [0.29, 0.717) is 16.2 Å². The van der Waals surface area contributed by atoms with E-state index < -0.39 is 5.97 Å². The molecule has 0 amide bonds. The van der Waals surface area contributed by atoms with Crippen LogP contribution in [0.2, 0.25) is 0 Å². The third kappa shape index (κ3) is 3.65. The van der Waals surface area contributed by atoms with E-state index in [1.807, 2.05) is 13.8 Å². The van der Waals surface area contributed by atoms with Crippen molar-refractivity contribution in [1.29, 1.82) is 0 Å². The molecule has 1 saturated carbocycles. The highest BCUT2D eigenvalue weighted by Crippen LogP contribution is 2.44. The summed E-state index contributed by atoms with van der Waals surface area (Å²) >= 11 is 1.40. The number of aromatic nitrogens is 1. The van der Waals surface area contributed by atoms with Gasteiger partial charge in [-0.15, -0.1) is 11.3 Å². The maximum atomic E-state index is 11.4. The average molecular weight is 309 g/mol. The lowest BCUT2D eigenvalue weighted by molar-refractivity contribution is 0.0700. The molecule has 0 saturated heterocycles. The molecule has 1 heterocycles. The summed E-state index contributed by atoms with van der Waals surface area (Å²) < 4.78 is 0. The van der Waals surface area contributed by atoms with Crippen LogP contribution < -0.4 is 0 Å². The molecule has 0 atom stereocenters. The zero-order chi connectivity index (χ0) is 15.8. The minimum absolute atomic E-state index is 0.173. The molecule has 4 heteroatoms. The fourth-order valence-electron chi connectivity index (χ4n) is 3.27. The SMILES string of the molecule is CC(C)c1nc(C2CCC(C(C)(C)C)CC2)sc1C(=O)O. The largest absolute Gasteiger partial charge is 0.477 e. The molecule has 1 N–H and O–H groups in total. The number of nitrogens with zero attached hydrogens (tertiary/aromatic N) is 1. The molecule has 21 heavy (non-hydrogen) atoms. The summed E-state index contributed by atoms with van der Waals surface area (Å²) in [5.41, 5.74) is 1.14. The van der Waals surface area contributed by atoms with Crippen molar-refractivity contribution < 1.29 is 9.90 Å². The Labute approximate surface area is 131 Å². The molecule has 1 aromatic heterocycles. The third-order valence-corrected chi connectivity index (χ3v) is 5.93. The lowest BCUT2D eigenvalue weighted by Gasteiger charge is -2.36. The normalized spacial score (nSPS) is 23.5. The van der Waals surface area contributed by atoms with Crippen LogP contribution in [0.15, 0.2) is 0 Å². The second-order valence-electron chi connectivity index (χ2n) is 7.64. The van der Waals surface area contributed by atoms with Gasteiger partial charge in [-0.2, -0.15) is 0 Å². The highest BCUT2D eigenvalue weighted by molar-refractivity contribution is 7.13. The lowest BCUT2D eigenvalue weighted by atomic mass is 9.70. The van der Waals surface area contributed by atoms with Gasteiger partial charge in [-0.3, -0.25) is 0 Å². The Balaban J connectivity index is 2.14. The maximum absolute atomic E-state index is 11.4. The summed E-state index contributed by atoms with van der Waals surface area (Å²) in [4.78, 5) is 16.5. The van der Waals surface area contributed by atoms with Crippen molar-refractivity contribution in [3.8, 4) is 0 Å². The van der Waals surface area contributed by atoms with E-state index in [1.165, 1.54) is 24.2 Å². The second kappa shape index (κ2) is 6.07. The van der Waals surface area contributed by atoms with Gasteiger partial charge in [-0.05, 0) is 42.9 Å². The number of thiazole rings is 1. The lowest BCUT2D eigenvalue weighted by Crippen LogP contribution is -2.25. The van der Waals surface area contributed by atoms with E-state index in [1.54, 1.807) is 0 Å². The summed E-state index contributed by atoms with van der Waals surface area (Å²) in [6, 6.07) is 0. The molecule has 0 spiro atoms. The van der Waals surface area contributed by atoms with Crippen LogP contribution in [0.25, 0.3) is 0 Å². The van der Waals surface area contributed by atoms with E-state index in [2.05, 4.69) is 25.8 Å². The Bertz CT molecular complexity index is 505. The quantitative estimate of drug-likeness (QED) is 0.826. The number of carbonyl (C=O) groups is 1. The second-order valence-corrected chi connectivity index (χ2v) is 8.67. The topological polar surface area (TPSA) is 50.2 Å². The molecule has 0 aromatic carbocycles. The maximum Gasteiger partial charge on any atom is 0.347 e. The molecule has 1 aliphatic rings. The number of carboxylic acid groups (broad SMARTS) is 1. The molecule has 0 bridgehead atoms. The Hall–Kier alpha value is -0.900. The smallest absolute Gasteiger partial charge is 0.347 e. The fourth-order valence-corrected chi connectivity index (χ4v) is 4.50. The van der Waals surface area contributed by atoms with Gasteiger partial charge >= 0.3 is 5.97 Å². The van der Waals surface area contributed by atoms with Crippen LogP contribution in [0.5, 0.6) is 0 Å². The standard InChI is InChI=1S/C17H27NO2S/c1-10(2)13-14(16(19)20)21-15(18-13)11-6-8-12(9-7-11)17(3,4)5/h10-12H,6-9H2,1-5H3,(H,19,20). The molecule has 0 aliphatic heterocycles. The molecule has 2 rings (SSSR count). The monoisotopic (exact) mass is 309 g/mol. The summed E-state index contributed by atoms with van der Waals surface area (Å²) in [5, 5.41) is 10.4. The van der Waals surface area contributed by atoms with Crippen LogP contribution in [-0.4, -0.2) is 16.1 Å². The van der Waals surface area contributed by atoms with Gasteiger partial charge < -0.3 is 5.11 Å². The van der Waals surface area contributed by atoms with Crippen molar-refractivity contribution in [3.63, 3.8) is 0 Å². The van der Waals surface area contributed by atoms with Crippen molar-refractivity contribution in [1.82, 2.24) is 4.98 Å². The van der Waals surface area contributed by atoms with Crippen molar-refractivity contribution in [2.75, 3.05) is 0 Å². The van der Waals surface area contributed by atoms with Crippen molar-refractivity contribution >= 4 is 17.3 Å². The van der Waals surface area contributed by atoms with E-state index in [9.17, 15) is 9.90 Å². The van der Waals surface area contributed by atoms with Gasteiger partial charge in [0.15, 0.2) is 0 Å². The number of rotatable bonds is 3. The van der Waals surface area contributed by atoms with Gasteiger partial charge in [-0.25, -0.2) is 9.78 Å². The Morgan fingerprint density at radius 2 is 1.81 bits per heavy atom. The molecule has 1 fully saturated rings. The predicted octanol–water partition coefficient (Wildman–Crippen LogP) is 5.28. The van der Waals surface area contributed by atoms with E-state index in [-0.39, 0.29) is 5.92 Å². The zero-order valence-corrected chi connectivity index (χ0v) is 14.6. The Morgan fingerprint density at radius 1 is 1.24 bits per heavy atom. The number of hydrogen-bond donors (Lipinski definition) is 1. The fraction of sp³-hybridized carbons (Fsp3) is 0.765. The number of carboxylic acids is 1. The molecule has 3 nitrogen and oxygen atoms in total. The van der Waals surface area contributed by atoms with Crippen LogP contribution in [-0.2, 0) is 0 Å². The molecular formula is C17H27NO2S. The first-order valence-electron chi connectivity index (χ1n) is 7.94. The number of aromatic carboxylic acids is 1. The summed E-state index contributed by atoms with van der Waals surface area (Å²) in [6.45, 7) is 11.0. The van der Waals surface area contributed by atoms with Crippen LogP contribution in [0.1, 0.15) is 92.5 Å². The predicted molar refractivity (Wildman–Crippen MR) is 87.3 cm³/mol. The summed E-state index contributed by atoms with van der Waals surface area (Å²) in [7, 11) is 0. The first kappa shape index (κ1) is 16.5. The molecule has 118 valence electrons. The third-order valence-electron chi connectivity index (χ3n) is 4.71. The van der Waals surface area contributed by atoms with Crippen molar-refractivity contribution in [3.05, 3.63) is 15.6 Å². The first-order chi connectivity index (χ1) is 9.70. The number of hydrogen-bond acceptors (Lipinski definition) is 3. The molecule has 1 aliphatic carbocycles. The summed E-state index contributed by atoms with van der Waals surface area (Å²) in [6.07, 6.45) is 4.75. The molecule has 1 aromatic rings. The van der Waals surface area contributed by atoms with Gasteiger partial charge in [0, 0.05) is 5.92 Å². The van der Waals surface area contributed by atoms with Gasteiger partial charge in [-0.1, -0.05) is 34.6 Å².